The van der Waals surface area contributed by atoms with Crippen molar-refractivity contribution in [3.63, 3.8) is 0 Å². The standard InChI is InChI=1S/Ag.Al.Au.Cu.Mg.H3Si.5H/h;;;;;1H3;;;;;/q;;;;+2;;;;;2*-1. The van der Waals surface area contributed by atoms with Crippen molar-refractivity contribution in [2.24, 2.45) is 0 Å². The minimum Gasteiger partial charge on any atom is -1.00 e. The van der Waals surface area contributed by atoms with E-state index < -0.39 is 0 Å². The Labute approximate surface area is 114 Å². The Bertz CT molecular complexity index is 22.0. The summed E-state index contributed by atoms with van der Waals surface area (Å²) < 4.78 is 0. The van der Waals surface area contributed by atoms with Crippen molar-refractivity contribution in [3.8, 4) is 0 Å². The Morgan fingerprint density at radius 1 is 1.17 bits per heavy atom. The van der Waals surface area contributed by atoms with Gasteiger partial charge in [0.2, 0.25) is 0 Å². The Morgan fingerprint density at radius 3 is 1.17 bits per heavy atom. The van der Waals surface area contributed by atoms with Crippen LogP contribution in [0.15, 0.2) is 0 Å². The van der Waals surface area contributed by atoms with Gasteiger partial charge < -0.3 is 2.85 Å². The first-order valence-electron chi connectivity index (χ1n) is 0. The fourth-order valence-corrected chi connectivity index (χ4v) is 0. The first-order chi connectivity index (χ1) is 0. The van der Waals surface area contributed by atoms with E-state index in [1.165, 1.54) is 0 Å². The SMILES string of the molecule is [Ag].[AlH3].[Au].[Cu].[H-].[H-].[Mg+2].[SiH3]. The largest absolute Gasteiger partial charge is 2.00 e. The van der Waals surface area contributed by atoms with Crippen LogP contribution in [0.3, 0.4) is 0 Å². The number of hydrogen-bond acceptors (Lipinski definition) is 0. The second-order valence-corrected chi connectivity index (χ2v) is 0. The normalized spacial score (nSPS) is 0. The summed E-state index contributed by atoms with van der Waals surface area (Å²) in [7, 11) is 0. The minimum atomic E-state index is 0. The van der Waals surface area contributed by atoms with E-state index in [9.17, 15) is 0 Å². The fourth-order valence-electron chi connectivity index (χ4n) is 0. The Morgan fingerprint density at radius 2 is 1.17 bits per heavy atom. The van der Waals surface area contributed by atoms with Gasteiger partial charge in [0.05, 0.1) is 0 Å². The average molecular weight is 456 g/mol. The molecule has 6 heavy (non-hydrogen) atoms. The van der Waals surface area contributed by atoms with Crippen LogP contribution in [-0.2, 0) is 61.8 Å². The molecule has 0 aromatic heterocycles. The summed E-state index contributed by atoms with van der Waals surface area (Å²) in [6.07, 6.45) is 0. The van der Waals surface area contributed by atoms with Gasteiger partial charge in [-0.05, 0) is 11.0 Å². The Kier molecular flexibility index (Phi) is 362. The topological polar surface area (TPSA) is 0 Å². The molecule has 0 aliphatic rings. The van der Waals surface area contributed by atoms with E-state index >= 15 is 0 Å². The van der Waals surface area contributed by atoms with Gasteiger partial charge >= 0.3 is 23.1 Å². The van der Waals surface area contributed by atoms with Crippen molar-refractivity contribution in [2.45, 2.75) is 0 Å². The Balaban J connectivity index is 0. The van der Waals surface area contributed by atoms with E-state index in [0.717, 1.165) is 0 Å². The predicted octanol–water partition coefficient (Wildman–Crippen LogP) is -2.53. The van der Waals surface area contributed by atoms with Gasteiger partial charge in [-0.15, -0.1) is 0 Å². The quantitative estimate of drug-likeness (QED) is 0.354. The van der Waals surface area contributed by atoms with Crippen LogP contribution >= 0.6 is 0 Å². The zero-order valence-corrected chi connectivity index (χ0v) is 10.6. The maximum Gasteiger partial charge on any atom is 2.00 e. The van der Waals surface area contributed by atoms with E-state index in [2.05, 4.69) is 0 Å². The van der Waals surface area contributed by atoms with Crippen molar-refractivity contribution in [1.82, 2.24) is 0 Å². The van der Waals surface area contributed by atoms with Gasteiger partial charge in [-0.25, -0.2) is 0 Å². The molecule has 50 valence electrons. The maximum absolute atomic E-state index is 0. The fraction of sp³-hybridized carbons (Fsp3) is 0. The average Bonchev–Trinajstić information content (AvgIpc) is 0. The van der Waals surface area contributed by atoms with Gasteiger partial charge in [-0.3, -0.25) is 0 Å². The van der Waals surface area contributed by atoms with Crippen molar-refractivity contribution < 1.29 is 64.7 Å². The summed E-state index contributed by atoms with van der Waals surface area (Å²) >= 11 is 0. The molecule has 0 fully saturated rings. The molecule has 0 aromatic rings. The van der Waals surface area contributed by atoms with Crippen LogP contribution in [0.5, 0.6) is 0 Å². The molecule has 0 spiro atoms. The third-order valence-corrected chi connectivity index (χ3v) is 0. The van der Waals surface area contributed by atoms with Gasteiger partial charge in [0, 0.05) is 61.8 Å². The molecule has 0 saturated heterocycles. The molecule has 0 aliphatic heterocycles. The molecule has 0 rings (SSSR count). The molecule has 0 nitrogen and oxygen atoms in total. The smallest absolute Gasteiger partial charge is 1.00 e. The summed E-state index contributed by atoms with van der Waals surface area (Å²) in [5.41, 5.74) is 0. The van der Waals surface area contributed by atoms with Crippen LogP contribution in [0.4, 0.5) is 0 Å². The van der Waals surface area contributed by atoms with Gasteiger partial charge in [0.1, 0.15) is 0 Å². The first-order valence-corrected chi connectivity index (χ1v) is 0. The van der Waals surface area contributed by atoms with Gasteiger partial charge in [-0.2, -0.15) is 0 Å². The molecule has 0 heterocycles. The molecule has 0 aromatic carbocycles. The van der Waals surface area contributed by atoms with Gasteiger partial charge in [-0.1, -0.05) is 0 Å². The number of hydrogen-bond donors (Lipinski definition) is 0. The zero-order valence-electron chi connectivity index (χ0n) is 4.61. The molecular weight excluding hydrogens is 448 g/mol. The molecule has 4 radical (unpaired) electrons. The van der Waals surface area contributed by atoms with Crippen molar-refractivity contribution in [2.75, 3.05) is 0 Å². The summed E-state index contributed by atoms with van der Waals surface area (Å²) in [4.78, 5) is 0. The summed E-state index contributed by atoms with van der Waals surface area (Å²) in [5, 5.41) is 0. The van der Waals surface area contributed by atoms with Gasteiger partial charge in [0.15, 0.2) is 17.4 Å². The third-order valence-electron chi connectivity index (χ3n) is 0. The third kappa shape index (κ3) is 25.8. The molecule has 0 amide bonds. The van der Waals surface area contributed by atoms with Crippen LogP contribution in [0.25, 0.3) is 0 Å². The Hall–Kier alpha value is 3.52. The monoisotopic (exact) mass is 454 g/mol. The second-order valence-electron chi connectivity index (χ2n) is 0. The first kappa shape index (κ1) is 55.8. The summed E-state index contributed by atoms with van der Waals surface area (Å²) in [5.74, 6) is 0. The maximum atomic E-state index is 0. The molecule has 6 heteroatoms. The molecule has 0 bridgehead atoms. The van der Waals surface area contributed by atoms with Crippen molar-refractivity contribution in [3.05, 3.63) is 0 Å². The minimum absolute atomic E-state index is 0. The second kappa shape index (κ2) is 38.9. The zero-order chi connectivity index (χ0) is 0. The molecule has 0 atom stereocenters. The summed E-state index contributed by atoms with van der Waals surface area (Å²) in [6.45, 7) is 0. The molecule has 0 N–H and O–H groups in total. The summed E-state index contributed by atoms with van der Waals surface area (Å²) in [6, 6.07) is 0. The van der Waals surface area contributed by atoms with Crippen molar-refractivity contribution in [1.29, 1.82) is 0 Å². The van der Waals surface area contributed by atoms with Crippen LogP contribution < -0.4 is 0 Å². The van der Waals surface area contributed by atoms with Crippen LogP contribution in [0.1, 0.15) is 2.85 Å². The van der Waals surface area contributed by atoms with E-state index in [0.29, 0.717) is 0 Å². The van der Waals surface area contributed by atoms with E-state index in [1.807, 2.05) is 0 Å². The van der Waals surface area contributed by atoms with Crippen LogP contribution in [0, 0.1) is 0 Å². The van der Waals surface area contributed by atoms with Crippen LogP contribution in [0.2, 0.25) is 0 Å². The molecular formula is H8AgAlAuCuMgSi. The van der Waals surface area contributed by atoms with E-state index in [4.69, 9.17) is 0 Å². The molecule has 0 saturated carbocycles. The predicted molar refractivity (Wildman–Crippen MR) is 27.9 cm³/mol. The van der Waals surface area contributed by atoms with E-state index in [1.54, 1.807) is 0 Å². The molecule has 0 aliphatic carbocycles. The molecule has 0 unspecified atom stereocenters. The van der Waals surface area contributed by atoms with Gasteiger partial charge in [0.25, 0.3) is 0 Å². The van der Waals surface area contributed by atoms with Crippen LogP contribution in [-0.4, -0.2) is 51.4 Å². The number of rotatable bonds is 0. The van der Waals surface area contributed by atoms with E-state index in [-0.39, 0.29) is 116 Å². The van der Waals surface area contributed by atoms with Crippen molar-refractivity contribution >= 4 is 51.4 Å².